The zero-order chi connectivity index (χ0) is 13.0. The van der Waals surface area contributed by atoms with Crippen molar-refractivity contribution in [2.45, 2.75) is 6.61 Å². The first kappa shape index (κ1) is 12.0. The molecule has 0 aliphatic rings. The molecule has 92 valence electrons. The molecule has 1 heterocycles. The molecule has 0 bridgehead atoms. The van der Waals surface area contributed by atoms with Crippen molar-refractivity contribution < 1.29 is 14.1 Å². The van der Waals surface area contributed by atoms with Gasteiger partial charge in [0, 0.05) is 12.3 Å². The molecule has 0 spiro atoms. The van der Waals surface area contributed by atoms with Crippen molar-refractivity contribution in [3.05, 3.63) is 64.2 Å². The Morgan fingerprint density at radius 2 is 2.11 bits per heavy atom. The van der Waals surface area contributed by atoms with E-state index in [0.29, 0.717) is 5.69 Å². The normalized spacial score (nSPS) is 10.1. The molecule has 0 radical (unpaired) electrons. The first-order valence-electron chi connectivity index (χ1n) is 5.13. The number of nitrogens with zero attached hydrogens (tertiary/aromatic N) is 2. The van der Waals surface area contributed by atoms with E-state index in [0.717, 1.165) is 0 Å². The Bertz CT molecular complexity index is 575. The minimum Gasteiger partial charge on any atom is -0.480 e. The van der Waals surface area contributed by atoms with Crippen LogP contribution in [0.25, 0.3) is 0 Å². The quantitative estimate of drug-likeness (QED) is 0.616. The Hall–Kier alpha value is -2.50. The molecule has 0 atom stereocenters. The van der Waals surface area contributed by atoms with Crippen LogP contribution in [0.4, 0.5) is 10.1 Å². The number of nitro benzene ring substituents is 1. The second-order valence-corrected chi connectivity index (χ2v) is 3.48. The summed E-state index contributed by atoms with van der Waals surface area (Å²) >= 11 is 0. The van der Waals surface area contributed by atoms with E-state index in [9.17, 15) is 14.5 Å². The molecule has 1 aromatic carbocycles. The number of hydrogen-bond acceptors (Lipinski definition) is 4. The lowest BCUT2D eigenvalue weighted by molar-refractivity contribution is -0.385. The average Bonchev–Trinajstić information content (AvgIpc) is 2.37. The van der Waals surface area contributed by atoms with Gasteiger partial charge in [-0.15, -0.1) is 0 Å². The minimum absolute atomic E-state index is 0.0252. The van der Waals surface area contributed by atoms with Gasteiger partial charge in [-0.25, -0.2) is 4.39 Å². The summed E-state index contributed by atoms with van der Waals surface area (Å²) in [6, 6.07) is 8.43. The molecule has 0 saturated carbocycles. The van der Waals surface area contributed by atoms with Gasteiger partial charge in [0.2, 0.25) is 0 Å². The van der Waals surface area contributed by atoms with Gasteiger partial charge >= 0.3 is 5.69 Å². The third-order valence-electron chi connectivity index (χ3n) is 2.22. The Labute approximate surface area is 102 Å². The number of para-hydroxylation sites is 2. The van der Waals surface area contributed by atoms with Crippen molar-refractivity contribution in [3.63, 3.8) is 0 Å². The van der Waals surface area contributed by atoms with Crippen molar-refractivity contribution in [2.24, 2.45) is 0 Å². The topological polar surface area (TPSA) is 65.3 Å². The van der Waals surface area contributed by atoms with E-state index in [1.165, 1.54) is 30.5 Å². The summed E-state index contributed by atoms with van der Waals surface area (Å²) in [7, 11) is 0. The van der Waals surface area contributed by atoms with Gasteiger partial charge in [0.15, 0.2) is 5.75 Å². The van der Waals surface area contributed by atoms with E-state index in [2.05, 4.69) is 4.98 Å². The highest BCUT2D eigenvalue weighted by Gasteiger charge is 2.13. The number of pyridine rings is 1. The molecule has 5 nitrogen and oxygen atoms in total. The number of benzene rings is 1. The van der Waals surface area contributed by atoms with Gasteiger partial charge < -0.3 is 4.74 Å². The number of rotatable bonds is 4. The molecule has 0 fully saturated rings. The lowest BCUT2D eigenvalue weighted by Gasteiger charge is -2.05. The number of hydrogen-bond donors (Lipinski definition) is 0. The summed E-state index contributed by atoms with van der Waals surface area (Å²) in [4.78, 5) is 14.1. The molecule has 0 N–H and O–H groups in total. The predicted molar refractivity (Wildman–Crippen MR) is 61.6 cm³/mol. The van der Waals surface area contributed by atoms with Crippen LogP contribution < -0.4 is 4.74 Å². The third-order valence-corrected chi connectivity index (χ3v) is 2.22. The van der Waals surface area contributed by atoms with Crippen LogP contribution in [0, 0.1) is 15.9 Å². The highest BCUT2D eigenvalue weighted by molar-refractivity contribution is 5.45. The van der Waals surface area contributed by atoms with Crippen LogP contribution >= 0.6 is 0 Å². The van der Waals surface area contributed by atoms with Gasteiger partial charge in [0.25, 0.3) is 0 Å². The van der Waals surface area contributed by atoms with Crippen molar-refractivity contribution in [2.75, 3.05) is 0 Å². The van der Waals surface area contributed by atoms with E-state index in [-0.39, 0.29) is 18.0 Å². The summed E-state index contributed by atoms with van der Waals surface area (Å²) in [5.74, 6) is -0.292. The van der Waals surface area contributed by atoms with Gasteiger partial charge in [-0.1, -0.05) is 12.1 Å². The van der Waals surface area contributed by atoms with Crippen LogP contribution in [-0.4, -0.2) is 9.91 Å². The minimum atomic E-state index is -0.533. The average molecular weight is 248 g/mol. The van der Waals surface area contributed by atoms with Crippen LogP contribution in [0.3, 0.4) is 0 Å². The maximum atomic E-state index is 12.9. The van der Waals surface area contributed by atoms with Crippen molar-refractivity contribution in [1.82, 2.24) is 4.98 Å². The zero-order valence-electron chi connectivity index (χ0n) is 9.25. The first-order chi connectivity index (χ1) is 8.66. The standard InChI is InChI=1S/C12H9FN2O3/c13-9-5-6-14-10(7-9)8-18-12-4-2-1-3-11(12)15(16)17/h1-7H,8H2. The van der Waals surface area contributed by atoms with Crippen molar-refractivity contribution >= 4 is 5.69 Å². The number of ether oxygens (including phenoxy) is 1. The number of aromatic nitrogens is 1. The SMILES string of the molecule is O=[N+]([O-])c1ccccc1OCc1cc(F)ccn1. The summed E-state index contributed by atoms with van der Waals surface area (Å²) < 4.78 is 18.2. The molecule has 6 heteroatoms. The highest BCUT2D eigenvalue weighted by atomic mass is 19.1. The van der Waals surface area contributed by atoms with Gasteiger partial charge in [-0.05, 0) is 18.2 Å². The maximum Gasteiger partial charge on any atom is 0.310 e. The number of nitro groups is 1. The first-order valence-corrected chi connectivity index (χ1v) is 5.13. The summed E-state index contributed by atoms with van der Waals surface area (Å²) in [6.07, 6.45) is 1.31. The van der Waals surface area contributed by atoms with E-state index in [1.54, 1.807) is 12.1 Å². The van der Waals surface area contributed by atoms with Gasteiger partial charge in [-0.3, -0.25) is 15.1 Å². The molecule has 1 aromatic heterocycles. The molecule has 0 aliphatic carbocycles. The zero-order valence-corrected chi connectivity index (χ0v) is 9.25. The Kier molecular flexibility index (Phi) is 3.47. The van der Waals surface area contributed by atoms with Crippen LogP contribution in [0.5, 0.6) is 5.75 Å². The maximum absolute atomic E-state index is 12.9. The Morgan fingerprint density at radius 1 is 1.33 bits per heavy atom. The fraction of sp³-hybridized carbons (Fsp3) is 0.0833. The molecule has 18 heavy (non-hydrogen) atoms. The lowest BCUT2D eigenvalue weighted by Crippen LogP contribution is -2.01. The third kappa shape index (κ3) is 2.79. The molecular weight excluding hydrogens is 239 g/mol. The van der Waals surface area contributed by atoms with Gasteiger partial charge in [0.1, 0.15) is 12.4 Å². The van der Waals surface area contributed by atoms with Gasteiger partial charge in [-0.2, -0.15) is 0 Å². The van der Waals surface area contributed by atoms with E-state index >= 15 is 0 Å². The molecule has 2 aromatic rings. The smallest absolute Gasteiger partial charge is 0.310 e. The second kappa shape index (κ2) is 5.22. The fourth-order valence-corrected chi connectivity index (χ4v) is 1.41. The molecule has 0 aliphatic heterocycles. The number of halogens is 1. The van der Waals surface area contributed by atoms with E-state index in [4.69, 9.17) is 4.74 Å². The van der Waals surface area contributed by atoms with Crippen LogP contribution in [0.1, 0.15) is 5.69 Å². The summed E-state index contributed by atoms with van der Waals surface area (Å²) in [5.41, 5.74) is 0.238. The van der Waals surface area contributed by atoms with Crippen molar-refractivity contribution in [1.29, 1.82) is 0 Å². The largest absolute Gasteiger partial charge is 0.480 e. The molecule has 2 rings (SSSR count). The Morgan fingerprint density at radius 3 is 2.83 bits per heavy atom. The van der Waals surface area contributed by atoms with Gasteiger partial charge in [0.05, 0.1) is 10.6 Å². The van der Waals surface area contributed by atoms with E-state index in [1.807, 2.05) is 0 Å². The summed E-state index contributed by atoms with van der Waals surface area (Å²) in [6.45, 7) is -0.0252. The second-order valence-electron chi connectivity index (χ2n) is 3.48. The highest BCUT2D eigenvalue weighted by Crippen LogP contribution is 2.26. The van der Waals surface area contributed by atoms with Crippen LogP contribution in [0.15, 0.2) is 42.6 Å². The fourth-order valence-electron chi connectivity index (χ4n) is 1.41. The monoisotopic (exact) mass is 248 g/mol. The van der Waals surface area contributed by atoms with Crippen molar-refractivity contribution in [3.8, 4) is 5.75 Å². The molecule has 0 unspecified atom stereocenters. The molecule has 0 saturated heterocycles. The predicted octanol–water partition coefficient (Wildman–Crippen LogP) is 2.71. The van der Waals surface area contributed by atoms with Crippen LogP contribution in [-0.2, 0) is 6.61 Å². The Balaban J connectivity index is 2.13. The van der Waals surface area contributed by atoms with E-state index < -0.39 is 10.7 Å². The molecular formula is C12H9FN2O3. The molecule has 0 amide bonds. The summed E-state index contributed by atoms with van der Waals surface area (Å²) in [5, 5.41) is 10.7. The van der Waals surface area contributed by atoms with Crippen LogP contribution in [0.2, 0.25) is 0 Å². The lowest BCUT2D eigenvalue weighted by atomic mass is 10.3.